The van der Waals surface area contributed by atoms with Crippen LogP contribution in [0, 0.1) is 35.0 Å². The molecule has 390 valence electrons. The number of nitrogens with one attached hydrogen (secondary N) is 7. The van der Waals surface area contributed by atoms with Gasteiger partial charge in [-0.25, -0.2) is 4.79 Å². The maximum Gasteiger partial charge on any atom is 0.350 e. The Hall–Kier alpha value is -5.28. The molecule has 1 aromatic rings. The second-order valence-corrected chi connectivity index (χ2v) is 23.4. The summed E-state index contributed by atoms with van der Waals surface area (Å²) in [6.45, 7) is 8.93. The molecule has 0 amide bonds. The number of aliphatic imine (C=N–C) groups is 1. The normalized spacial score (nSPS) is 38.4. The van der Waals surface area contributed by atoms with Crippen LogP contribution in [0.1, 0.15) is 131 Å². The first-order valence-electron chi connectivity index (χ1n) is 27.7. The number of carbonyl (C=O) groups is 3. The zero-order valence-corrected chi connectivity index (χ0v) is 43.8. The Morgan fingerprint density at radius 1 is 1.03 bits per heavy atom. The molecule has 6 bridgehead atoms. The van der Waals surface area contributed by atoms with Crippen molar-refractivity contribution in [1.29, 1.82) is 0 Å². The summed E-state index contributed by atoms with van der Waals surface area (Å²) in [4.78, 5) is 51.5. The van der Waals surface area contributed by atoms with Crippen molar-refractivity contribution in [2.75, 3.05) is 40.3 Å². The van der Waals surface area contributed by atoms with Crippen LogP contribution in [0.25, 0.3) is 0 Å². The molecule has 14 heteroatoms. The minimum absolute atomic E-state index is 0.00220. The van der Waals surface area contributed by atoms with Gasteiger partial charge >= 0.3 is 5.97 Å². The lowest BCUT2D eigenvalue weighted by atomic mass is 9.54. The van der Waals surface area contributed by atoms with E-state index in [0.29, 0.717) is 54.2 Å². The molecule has 1 saturated carbocycles. The van der Waals surface area contributed by atoms with Crippen molar-refractivity contribution >= 4 is 23.5 Å². The van der Waals surface area contributed by atoms with Gasteiger partial charge in [0.1, 0.15) is 5.82 Å². The van der Waals surface area contributed by atoms with Crippen LogP contribution >= 0.6 is 0 Å². The largest absolute Gasteiger partial charge is 0.463 e. The Morgan fingerprint density at radius 3 is 2.71 bits per heavy atom. The zero-order chi connectivity index (χ0) is 50.7. The fourth-order valence-electron chi connectivity index (χ4n) is 15.4. The van der Waals surface area contributed by atoms with Crippen molar-refractivity contribution in [3.05, 3.63) is 117 Å². The number of benzene rings is 1. The first-order valence-corrected chi connectivity index (χ1v) is 27.7. The van der Waals surface area contributed by atoms with Gasteiger partial charge in [0.05, 0.1) is 24.5 Å². The number of nitrogens with zero attached hydrogens (tertiary/aromatic N) is 1. The predicted octanol–water partition coefficient (Wildman–Crippen LogP) is 6.41. The molecule has 2 saturated heterocycles. The third kappa shape index (κ3) is 8.75. The highest BCUT2D eigenvalue weighted by Crippen LogP contribution is 2.60. The van der Waals surface area contributed by atoms with Crippen molar-refractivity contribution in [3.8, 4) is 0 Å². The first kappa shape index (κ1) is 49.9. The molecule has 3 fully saturated rings. The van der Waals surface area contributed by atoms with Gasteiger partial charge in [-0.05, 0) is 154 Å². The highest BCUT2D eigenvalue weighted by molar-refractivity contribution is 6.33. The SMILES string of the molecule is CCN[C@H]1C=C2C=CC[C@H]3[C@@H]4CCC[C@](C)(CC5=CNC(N)C=C5)Cc5cccc6c5C(=O)[C@]5(O[C@@]5(C/C=C(\C)C[C@]5(C7=CCNC8=C7CC[C@H](NC)N8)CCCNC(=NC)N5)C6=O)C(=O)OC[C@H]1[C@H](CC4)[C@H]23. The van der Waals surface area contributed by atoms with E-state index in [1.54, 1.807) is 13.1 Å². The van der Waals surface area contributed by atoms with E-state index in [0.717, 1.165) is 112 Å². The van der Waals surface area contributed by atoms with E-state index in [2.05, 4.69) is 93.4 Å². The highest BCUT2D eigenvalue weighted by atomic mass is 16.7. The number of hydrogen-bond acceptors (Lipinski definition) is 12. The van der Waals surface area contributed by atoms with Crippen LogP contribution in [0.4, 0.5) is 0 Å². The minimum Gasteiger partial charge on any atom is -0.463 e. The molecule has 0 radical (unpaired) electrons. The number of rotatable bonds is 10. The first-order chi connectivity index (χ1) is 35.3. The summed E-state index contributed by atoms with van der Waals surface area (Å²) < 4.78 is 13.3. The third-order valence-corrected chi connectivity index (χ3v) is 18.8. The van der Waals surface area contributed by atoms with Crippen LogP contribution in [-0.2, 0) is 20.7 Å². The van der Waals surface area contributed by atoms with Crippen molar-refractivity contribution in [2.24, 2.45) is 45.7 Å². The van der Waals surface area contributed by atoms with Crippen LogP contribution < -0.4 is 43.0 Å². The fourth-order valence-corrected chi connectivity index (χ4v) is 15.4. The van der Waals surface area contributed by atoms with E-state index in [9.17, 15) is 0 Å². The lowest BCUT2D eigenvalue weighted by molar-refractivity contribution is -0.151. The number of esters is 1. The zero-order valence-electron chi connectivity index (χ0n) is 43.8. The molecule has 7 heterocycles. The van der Waals surface area contributed by atoms with E-state index in [4.69, 9.17) is 15.2 Å². The number of Topliss-reactive ketones (excluding diaryl/α,β-unsaturated/α-hetero) is 2. The van der Waals surface area contributed by atoms with Gasteiger partial charge in [-0.1, -0.05) is 86.9 Å². The van der Waals surface area contributed by atoms with Crippen LogP contribution in [0.5, 0.6) is 0 Å². The van der Waals surface area contributed by atoms with E-state index in [-0.39, 0.29) is 48.5 Å². The molecule has 1 spiro atoms. The smallest absolute Gasteiger partial charge is 0.350 e. The maximum atomic E-state index is 15.8. The van der Waals surface area contributed by atoms with Crippen LogP contribution in [-0.4, -0.2) is 98.9 Å². The number of dihydropyridines is 2. The molecular weight excluding hydrogens is 915 g/mol. The molecule has 12 atom stereocenters. The molecule has 1 aromatic carbocycles. The number of fused-ring (bicyclic) bond motifs is 7. The second-order valence-electron chi connectivity index (χ2n) is 23.4. The Bertz CT molecular complexity index is 2660. The van der Waals surface area contributed by atoms with Crippen molar-refractivity contribution in [3.63, 3.8) is 0 Å². The summed E-state index contributed by atoms with van der Waals surface area (Å²) >= 11 is 0. The molecule has 14 nitrogen and oxygen atoms in total. The summed E-state index contributed by atoms with van der Waals surface area (Å²) in [6.07, 6.45) is 29.5. The van der Waals surface area contributed by atoms with Gasteiger partial charge in [-0.15, -0.1) is 0 Å². The number of allylic oxidation sites excluding steroid dienone is 5. The van der Waals surface area contributed by atoms with E-state index in [1.807, 2.05) is 37.5 Å². The van der Waals surface area contributed by atoms with Gasteiger partial charge in [0.25, 0.3) is 5.60 Å². The van der Waals surface area contributed by atoms with Gasteiger partial charge in [0.15, 0.2) is 17.3 Å². The lowest BCUT2D eigenvalue weighted by Crippen LogP contribution is -2.55. The fraction of sp³-hybridized carbons (Fsp3) is 0.593. The summed E-state index contributed by atoms with van der Waals surface area (Å²) in [5.41, 5.74) is 9.02. The van der Waals surface area contributed by atoms with Gasteiger partial charge in [0.2, 0.25) is 5.78 Å². The lowest BCUT2D eigenvalue weighted by Gasteiger charge is -2.52. The number of nitrogens with two attached hydrogens (primary N) is 1. The second kappa shape index (κ2) is 19.8. The summed E-state index contributed by atoms with van der Waals surface area (Å²) in [5.74, 6) is 2.08. The summed E-state index contributed by atoms with van der Waals surface area (Å²) in [7, 11) is 3.79. The maximum absolute atomic E-state index is 15.8. The molecule has 73 heavy (non-hydrogen) atoms. The number of carbonyl (C=O) groups excluding carboxylic acids is 3. The third-order valence-electron chi connectivity index (χ3n) is 18.8. The number of ether oxygens (including phenoxy) is 2. The van der Waals surface area contributed by atoms with Crippen LogP contribution in [0.15, 0.2) is 106 Å². The van der Waals surface area contributed by atoms with Gasteiger partial charge in [-0.2, -0.15) is 0 Å². The summed E-state index contributed by atoms with van der Waals surface area (Å²) in [6, 6.07) is 5.66. The highest BCUT2D eigenvalue weighted by Gasteiger charge is 2.85. The van der Waals surface area contributed by atoms with Gasteiger partial charge in [-0.3, -0.25) is 14.6 Å². The average Bonchev–Trinajstić information content (AvgIpc) is 4.15. The van der Waals surface area contributed by atoms with E-state index < -0.39 is 28.5 Å². The van der Waals surface area contributed by atoms with Crippen LogP contribution in [0.3, 0.4) is 0 Å². The molecule has 12 rings (SSSR count). The Balaban J connectivity index is 0.976. The number of epoxide rings is 1. The van der Waals surface area contributed by atoms with Gasteiger partial charge in [0, 0.05) is 55.8 Å². The summed E-state index contributed by atoms with van der Waals surface area (Å²) in [5, 5.41) is 25.1. The van der Waals surface area contributed by atoms with Crippen LogP contribution in [0.2, 0.25) is 0 Å². The van der Waals surface area contributed by atoms with Crippen molar-refractivity contribution in [2.45, 2.75) is 146 Å². The van der Waals surface area contributed by atoms with E-state index >= 15 is 14.4 Å². The molecule has 7 aliphatic heterocycles. The molecule has 1 unspecified atom stereocenters. The van der Waals surface area contributed by atoms with Crippen molar-refractivity contribution < 1.29 is 23.9 Å². The Kier molecular flexibility index (Phi) is 13.5. The van der Waals surface area contributed by atoms with E-state index in [1.165, 1.54) is 16.7 Å². The molecule has 11 aliphatic rings. The molecule has 9 N–H and O–H groups in total. The predicted molar refractivity (Wildman–Crippen MR) is 285 cm³/mol. The topological polar surface area (TPSA) is 196 Å². The minimum atomic E-state index is -2.11. The Morgan fingerprint density at radius 2 is 1.90 bits per heavy atom. The molecule has 0 aromatic heterocycles. The number of hydrogen-bond donors (Lipinski definition) is 8. The average molecular weight is 994 g/mol. The number of ketones is 2. The number of likely N-dealkylation sites (N-methyl/N-ethyl adjacent to an activating group) is 1. The van der Waals surface area contributed by atoms with Crippen molar-refractivity contribution in [1.82, 2.24) is 37.2 Å². The van der Waals surface area contributed by atoms with Gasteiger partial charge < -0.3 is 52.4 Å². The molecule has 4 aliphatic carbocycles. The monoisotopic (exact) mass is 994 g/mol. The quantitative estimate of drug-likeness (QED) is 0.0555. The molecular formula is C59H79N9O5. The number of guanidine groups is 1. The standard InChI is InChI=1S/C59H79N9O5/c1-6-63-46-29-38-11-7-14-40-37-13-9-24-56(3,31-36-16-20-47(60)66-33-36)32-39-12-8-15-43-50(39)52(70)59(54(71)72-34-44(46)41(18-17-37)49(38)40)58(73-59,51(43)69)26-22-35(2)30-57(25-10-27-65-55(62-5)68-57)45-23-28-64-53-42(45)19-21-48(61-4)67-53/h7-8,11-12,15-16,20,22-23,29,33,37,40-41,44,46-49,61,63-64,66-67H,6,9-10,13-14,17-19,21,24-28,30-32,34,60H2,1-5H3,(H2,62,65,68)/b35-22+/t37-,40+,41+,44+,46+,47?,48-,49-,56-,57+,58+,59+/m1/s1. The Labute approximate surface area is 432 Å².